The Hall–Kier alpha value is -3.48. The van der Waals surface area contributed by atoms with Gasteiger partial charge in [0.2, 0.25) is 15.8 Å². The van der Waals surface area contributed by atoms with Gasteiger partial charge in [-0.1, -0.05) is 11.3 Å². The summed E-state index contributed by atoms with van der Waals surface area (Å²) in [4.78, 5) is 25.6. The van der Waals surface area contributed by atoms with Gasteiger partial charge in [-0.15, -0.1) is 19.6 Å². The Labute approximate surface area is 194 Å². The molecule has 0 radical (unpaired) electrons. The SMILES string of the molecule is C#Cc1ncc2sc(N3CCN(S(=O)(=O)c4ccc(OC(F)(F)F)cc4)[C@@H](C(=O)O)C3)nc2n1. The third-order valence-corrected chi connectivity index (χ3v) is 7.78. The van der Waals surface area contributed by atoms with E-state index in [0.717, 1.165) is 28.6 Å². The first kappa shape index (κ1) is 23.7. The number of ether oxygens (including phenoxy) is 1. The van der Waals surface area contributed by atoms with E-state index in [-0.39, 0.29) is 30.4 Å². The van der Waals surface area contributed by atoms with Crippen LogP contribution >= 0.6 is 11.3 Å². The van der Waals surface area contributed by atoms with Crippen LogP contribution in [0.3, 0.4) is 0 Å². The maximum absolute atomic E-state index is 13.1. The van der Waals surface area contributed by atoms with Crippen molar-refractivity contribution in [3.05, 3.63) is 36.3 Å². The first-order chi connectivity index (χ1) is 16.0. The van der Waals surface area contributed by atoms with Gasteiger partial charge in [0.15, 0.2) is 10.8 Å². The summed E-state index contributed by atoms with van der Waals surface area (Å²) in [6.07, 6.45) is 1.86. The number of carboxylic acid groups (broad SMARTS) is 1. The van der Waals surface area contributed by atoms with Crippen LogP contribution in [0.4, 0.5) is 18.3 Å². The lowest BCUT2D eigenvalue weighted by Gasteiger charge is -2.38. The Balaban J connectivity index is 1.57. The number of thiazole rings is 1. The van der Waals surface area contributed by atoms with Crippen LogP contribution in [0.5, 0.6) is 5.75 Å². The number of benzene rings is 1. The first-order valence-corrected chi connectivity index (χ1v) is 11.7. The Morgan fingerprint density at radius 1 is 1.24 bits per heavy atom. The summed E-state index contributed by atoms with van der Waals surface area (Å²) >= 11 is 1.20. The molecular formula is C19H14F3N5O5S2. The van der Waals surface area contributed by atoms with Crippen LogP contribution < -0.4 is 9.64 Å². The standard InChI is InChI=1S/C19H14F3N5O5S2/c1-2-15-23-9-14-16(24-15)25-18(33-14)26-7-8-27(13(10-26)17(28)29)34(30,31)12-5-3-11(4-6-12)32-19(20,21)22/h1,3-6,9,13H,7-8,10H2,(H,28,29)/t13-/m1/s1. The lowest BCUT2D eigenvalue weighted by atomic mass is 10.2. The van der Waals surface area contributed by atoms with Gasteiger partial charge in [-0.05, 0) is 30.2 Å². The Bertz CT molecular complexity index is 1390. The van der Waals surface area contributed by atoms with Crippen molar-refractivity contribution < 1.29 is 36.2 Å². The summed E-state index contributed by atoms with van der Waals surface area (Å²) < 4.78 is 68.4. The minimum absolute atomic E-state index is 0.119. The molecule has 0 bridgehead atoms. The minimum Gasteiger partial charge on any atom is -0.480 e. The molecule has 4 rings (SSSR count). The number of hydrogen-bond donors (Lipinski definition) is 1. The number of nitrogens with zero attached hydrogens (tertiary/aromatic N) is 5. The number of halogens is 3. The van der Waals surface area contributed by atoms with Gasteiger partial charge in [0.1, 0.15) is 11.8 Å². The first-order valence-electron chi connectivity index (χ1n) is 9.43. The number of sulfonamides is 1. The van der Waals surface area contributed by atoms with Crippen molar-refractivity contribution in [1.82, 2.24) is 19.3 Å². The van der Waals surface area contributed by atoms with E-state index < -0.39 is 34.1 Å². The fraction of sp³-hybridized carbons (Fsp3) is 0.263. The molecule has 0 aliphatic carbocycles. The number of fused-ring (bicyclic) bond motifs is 1. The zero-order chi connectivity index (χ0) is 24.7. The molecular weight excluding hydrogens is 499 g/mol. The quantitative estimate of drug-likeness (QED) is 0.510. The van der Waals surface area contributed by atoms with Crippen molar-refractivity contribution >= 4 is 42.8 Å². The average molecular weight is 513 g/mol. The third kappa shape index (κ3) is 4.74. The second kappa shape index (κ2) is 8.70. The summed E-state index contributed by atoms with van der Waals surface area (Å²) in [6, 6.07) is 2.08. The predicted octanol–water partition coefficient (Wildman–Crippen LogP) is 1.93. The number of alkyl halides is 3. The largest absolute Gasteiger partial charge is 0.573 e. The van der Waals surface area contributed by atoms with Gasteiger partial charge in [0.25, 0.3) is 0 Å². The van der Waals surface area contributed by atoms with Gasteiger partial charge >= 0.3 is 12.3 Å². The topological polar surface area (TPSA) is 126 Å². The Morgan fingerprint density at radius 3 is 2.56 bits per heavy atom. The van der Waals surface area contributed by atoms with Gasteiger partial charge in [0.05, 0.1) is 15.8 Å². The normalized spacial score (nSPS) is 17.5. The molecule has 10 nitrogen and oxygen atoms in total. The lowest BCUT2D eigenvalue weighted by Crippen LogP contribution is -2.58. The molecule has 1 saturated heterocycles. The van der Waals surface area contributed by atoms with Crippen molar-refractivity contribution in [1.29, 1.82) is 0 Å². The second-order valence-electron chi connectivity index (χ2n) is 6.96. The second-order valence-corrected chi connectivity index (χ2v) is 9.86. The smallest absolute Gasteiger partial charge is 0.480 e. The van der Waals surface area contributed by atoms with Crippen molar-refractivity contribution in [3.8, 4) is 18.1 Å². The molecule has 0 saturated carbocycles. The number of aromatic nitrogens is 3. The molecule has 3 heterocycles. The summed E-state index contributed by atoms with van der Waals surface area (Å²) in [6.45, 7) is -0.288. The van der Waals surface area contributed by atoms with E-state index in [9.17, 15) is 31.5 Å². The maximum Gasteiger partial charge on any atom is 0.573 e. The number of anilines is 1. The van der Waals surface area contributed by atoms with E-state index in [0.29, 0.717) is 15.5 Å². The van der Waals surface area contributed by atoms with Gasteiger partial charge in [0, 0.05) is 19.6 Å². The van der Waals surface area contributed by atoms with E-state index in [1.807, 2.05) is 0 Å². The van der Waals surface area contributed by atoms with Crippen molar-refractivity contribution in [3.63, 3.8) is 0 Å². The molecule has 0 spiro atoms. The van der Waals surface area contributed by atoms with Crippen LogP contribution in [0, 0.1) is 12.3 Å². The summed E-state index contributed by atoms with van der Waals surface area (Å²) in [7, 11) is -4.33. The molecule has 2 aromatic heterocycles. The molecule has 0 amide bonds. The van der Waals surface area contributed by atoms with Crippen LogP contribution in [0.25, 0.3) is 10.3 Å². The Morgan fingerprint density at radius 2 is 1.94 bits per heavy atom. The molecule has 1 atom stereocenters. The zero-order valence-corrected chi connectivity index (χ0v) is 18.6. The fourth-order valence-corrected chi connectivity index (χ4v) is 5.78. The van der Waals surface area contributed by atoms with E-state index in [4.69, 9.17) is 6.42 Å². The van der Waals surface area contributed by atoms with Crippen LogP contribution in [0.15, 0.2) is 35.4 Å². The summed E-state index contributed by atoms with van der Waals surface area (Å²) in [5, 5.41) is 10.2. The number of piperazine rings is 1. The highest BCUT2D eigenvalue weighted by atomic mass is 32.2. The number of carboxylic acids is 1. The van der Waals surface area contributed by atoms with Gasteiger partial charge in [-0.3, -0.25) is 4.79 Å². The lowest BCUT2D eigenvalue weighted by molar-refractivity contribution is -0.274. The van der Waals surface area contributed by atoms with Gasteiger partial charge < -0.3 is 14.7 Å². The van der Waals surface area contributed by atoms with Crippen LogP contribution in [0.1, 0.15) is 5.82 Å². The molecule has 1 aliphatic heterocycles. The molecule has 15 heteroatoms. The van der Waals surface area contributed by atoms with Crippen molar-refractivity contribution in [2.75, 3.05) is 24.5 Å². The van der Waals surface area contributed by atoms with Crippen LogP contribution in [0.2, 0.25) is 0 Å². The molecule has 178 valence electrons. The van der Waals surface area contributed by atoms with E-state index in [2.05, 4.69) is 25.6 Å². The van der Waals surface area contributed by atoms with E-state index in [1.165, 1.54) is 17.5 Å². The average Bonchev–Trinajstić information content (AvgIpc) is 3.21. The summed E-state index contributed by atoms with van der Waals surface area (Å²) in [5.41, 5.74) is 0.339. The molecule has 1 fully saturated rings. The number of terminal acetylenes is 1. The van der Waals surface area contributed by atoms with Gasteiger partial charge in [-0.2, -0.15) is 14.3 Å². The zero-order valence-electron chi connectivity index (χ0n) is 16.9. The minimum atomic E-state index is -4.93. The van der Waals surface area contributed by atoms with Crippen molar-refractivity contribution in [2.45, 2.75) is 17.3 Å². The van der Waals surface area contributed by atoms with Crippen molar-refractivity contribution in [2.24, 2.45) is 0 Å². The molecule has 34 heavy (non-hydrogen) atoms. The number of carbonyl (C=O) groups is 1. The highest BCUT2D eigenvalue weighted by molar-refractivity contribution is 7.89. The van der Waals surface area contributed by atoms with Gasteiger partial charge in [-0.25, -0.2) is 13.4 Å². The highest BCUT2D eigenvalue weighted by Crippen LogP contribution is 2.31. The highest BCUT2D eigenvalue weighted by Gasteiger charge is 2.41. The third-order valence-electron chi connectivity index (χ3n) is 4.82. The molecule has 1 N–H and O–H groups in total. The van der Waals surface area contributed by atoms with Crippen LogP contribution in [-0.4, -0.2) is 70.8 Å². The van der Waals surface area contributed by atoms with E-state index in [1.54, 1.807) is 4.90 Å². The fourth-order valence-electron chi connectivity index (χ4n) is 3.31. The number of hydrogen-bond acceptors (Lipinski definition) is 9. The number of rotatable bonds is 5. The Kier molecular flexibility index (Phi) is 6.06. The molecule has 0 unspecified atom stereocenters. The molecule has 1 aliphatic rings. The van der Waals surface area contributed by atoms with E-state index >= 15 is 0 Å². The number of aliphatic carboxylic acids is 1. The monoisotopic (exact) mass is 513 g/mol. The summed E-state index contributed by atoms with van der Waals surface area (Å²) in [5.74, 6) is 0.458. The molecule has 3 aromatic rings. The maximum atomic E-state index is 13.1. The van der Waals surface area contributed by atoms with Crippen LogP contribution in [-0.2, 0) is 14.8 Å². The predicted molar refractivity (Wildman–Crippen MR) is 114 cm³/mol. The molecule has 1 aromatic carbocycles.